The summed E-state index contributed by atoms with van der Waals surface area (Å²) in [6, 6.07) is 18.2. The predicted molar refractivity (Wildman–Crippen MR) is 128 cm³/mol. The second-order valence-electron chi connectivity index (χ2n) is 7.21. The number of hydrogen-bond donors (Lipinski definition) is 1. The number of thiophene rings is 1. The van der Waals surface area contributed by atoms with E-state index < -0.39 is 17.3 Å². The number of amides is 1. The van der Waals surface area contributed by atoms with Crippen molar-refractivity contribution in [3.63, 3.8) is 0 Å². The molecule has 0 unspecified atom stereocenters. The fourth-order valence-corrected chi connectivity index (χ4v) is 4.28. The normalized spacial score (nSPS) is 10.6. The predicted octanol–water partition coefficient (Wildman–Crippen LogP) is 4.70. The molecule has 33 heavy (non-hydrogen) atoms. The highest BCUT2D eigenvalue weighted by atomic mass is 32.1. The van der Waals surface area contributed by atoms with Crippen LogP contribution in [-0.2, 0) is 4.74 Å². The summed E-state index contributed by atoms with van der Waals surface area (Å²) in [6.45, 7) is 3.85. The van der Waals surface area contributed by atoms with Gasteiger partial charge in [0.1, 0.15) is 10.6 Å². The molecule has 1 N–H and O–H groups in total. The van der Waals surface area contributed by atoms with Gasteiger partial charge >= 0.3 is 5.97 Å². The van der Waals surface area contributed by atoms with Gasteiger partial charge in [-0.25, -0.2) is 9.48 Å². The highest BCUT2D eigenvalue weighted by Gasteiger charge is 2.24. The van der Waals surface area contributed by atoms with Gasteiger partial charge in [0.05, 0.1) is 12.3 Å². The molecule has 0 aliphatic heterocycles. The Hall–Kier alpha value is -4.04. The molecule has 0 aliphatic carbocycles. The molecule has 7 nitrogen and oxygen atoms in total. The van der Waals surface area contributed by atoms with E-state index in [4.69, 9.17) is 4.74 Å². The Morgan fingerprint density at radius 3 is 2.61 bits per heavy atom. The lowest BCUT2D eigenvalue weighted by molar-refractivity contribution is 0.0529. The van der Waals surface area contributed by atoms with Crippen molar-refractivity contribution in [2.75, 3.05) is 11.9 Å². The molecule has 0 atom stereocenters. The van der Waals surface area contributed by atoms with Crippen LogP contribution in [0.2, 0.25) is 0 Å². The van der Waals surface area contributed by atoms with Gasteiger partial charge in [-0.3, -0.25) is 9.59 Å². The third-order valence-electron chi connectivity index (χ3n) is 4.87. The highest BCUT2D eigenvalue weighted by Crippen LogP contribution is 2.36. The number of nitrogens with zero attached hydrogens (tertiary/aromatic N) is 2. The van der Waals surface area contributed by atoms with E-state index in [2.05, 4.69) is 10.4 Å². The zero-order valence-corrected chi connectivity index (χ0v) is 18.9. The van der Waals surface area contributed by atoms with Crippen LogP contribution in [0.5, 0.6) is 0 Å². The van der Waals surface area contributed by atoms with E-state index in [9.17, 15) is 14.4 Å². The summed E-state index contributed by atoms with van der Waals surface area (Å²) in [5, 5.41) is 9.00. The average molecular weight is 460 g/mol. The Bertz CT molecular complexity index is 1380. The average Bonchev–Trinajstić information content (AvgIpc) is 3.23. The number of anilines is 1. The Morgan fingerprint density at radius 1 is 1.09 bits per heavy atom. The number of aryl methyl sites for hydroxylation is 1. The van der Waals surface area contributed by atoms with Crippen LogP contribution in [0.1, 0.15) is 33.3 Å². The molecule has 2 heterocycles. The van der Waals surface area contributed by atoms with Gasteiger partial charge in [0, 0.05) is 23.2 Å². The smallest absolute Gasteiger partial charge is 0.341 e. The van der Waals surface area contributed by atoms with E-state index in [1.54, 1.807) is 12.3 Å². The lowest BCUT2D eigenvalue weighted by Gasteiger charge is -2.10. The standard InChI is InChI=1S/C25H21N3O4S/c1-3-32-25(31)21-19(17-9-5-4-6-10-17)15-33-24(21)26-23(30)22-20(29)12-13-28(27-22)18-11-7-8-16(2)14-18/h4-15H,3H2,1-2H3,(H,26,30). The van der Waals surface area contributed by atoms with Crippen molar-refractivity contribution in [2.45, 2.75) is 13.8 Å². The molecule has 0 bridgehead atoms. The van der Waals surface area contributed by atoms with Crippen LogP contribution in [0.25, 0.3) is 16.8 Å². The number of nitrogens with one attached hydrogen (secondary N) is 1. The number of rotatable bonds is 6. The van der Waals surface area contributed by atoms with Gasteiger partial charge in [-0.15, -0.1) is 11.3 Å². The lowest BCUT2D eigenvalue weighted by atomic mass is 10.0. The molecule has 4 aromatic rings. The molecule has 0 saturated carbocycles. The molecule has 8 heteroatoms. The van der Waals surface area contributed by atoms with Crippen molar-refractivity contribution >= 4 is 28.2 Å². The molecule has 0 saturated heterocycles. The molecule has 2 aromatic heterocycles. The fourth-order valence-electron chi connectivity index (χ4n) is 3.33. The zero-order valence-electron chi connectivity index (χ0n) is 18.1. The van der Waals surface area contributed by atoms with Crippen LogP contribution in [0, 0.1) is 6.92 Å². The minimum Gasteiger partial charge on any atom is -0.462 e. The Kier molecular flexibility index (Phi) is 6.46. The first-order valence-corrected chi connectivity index (χ1v) is 11.2. The summed E-state index contributed by atoms with van der Waals surface area (Å²) in [7, 11) is 0. The quantitative estimate of drug-likeness (QED) is 0.422. The molecule has 0 spiro atoms. The first-order chi connectivity index (χ1) is 16.0. The first kappa shape index (κ1) is 22.2. The second-order valence-corrected chi connectivity index (χ2v) is 8.09. The molecule has 4 rings (SSSR count). The molecule has 0 fully saturated rings. The number of carbonyl (C=O) groups is 2. The maximum atomic E-state index is 13.0. The van der Waals surface area contributed by atoms with Crippen LogP contribution in [0.4, 0.5) is 5.00 Å². The zero-order chi connectivity index (χ0) is 23.4. The summed E-state index contributed by atoms with van der Waals surface area (Å²) < 4.78 is 6.69. The van der Waals surface area contributed by atoms with Crippen molar-refractivity contribution in [3.8, 4) is 16.8 Å². The largest absolute Gasteiger partial charge is 0.462 e. The van der Waals surface area contributed by atoms with Crippen LogP contribution in [0.3, 0.4) is 0 Å². The Balaban J connectivity index is 1.71. The first-order valence-electron chi connectivity index (χ1n) is 10.3. The van der Waals surface area contributed by atoms with E-state index in [-0.39, 0.29) is 17.9 Å². The van der Waals surface area contributed by atoms with Crippen LogP contribution >= 0.6 is 11.3 Å². The summed E-state index contributed by atoms with van der Waals surface area (Å²) in [5.41, 5.74) is 2.65. The fraction of sp³-hybridized carbons (Fsp3) is 0.120. The SMILES string of the molecule is CCOC(=O)c1c(-c2ccccc2)csc1NC(=O)c1nn(-c2cccc(C)c2)ccc1=O. The van der Waals surface area contributed by atoms with E-state index in [0.717, 1.165) is 16.8 Å². The van der Waals surface area contributed by atoms with Gasteiger partial charge in [0.2, 0.25) is 5.43 Å². The van der Waals surface area contributed by atoms with Gasteiger partial charge in [0.25, 0.3) is 5.91 Å². The van der Waals surface area contributed by atoms with Crippen molar-refractivity contribution in [1.29, 1.82) is 0 Å². The van der Waals surface area contributed by atoms with E-state index in [1.165, 1.54) is 28.3 Å². The minimum atomic E-state index is -0.700. The molecule has 0 aliphatic rings. The van der Waals surface area contributed by atoms with E-state index in [0.29, 0.717) is 10.6 Å². The number of ether oxygens (including phenoxy) is 1. The van der Waals surface area contributed by atoms with Crippen molar-refractivity contribution in [2.24, 2.45) is 0 Å². The number of benzene rings is 2. The van der Waals surface area contributed by atoms with Crippen LogP contribution < -0.4 is 10.7 Å². The summed E-state index contributed by atoms with van der Waals surface area (Å²) in [5.74, 6) is -1.25. The molecule has 1 amide bonds. The highest BCUT2D eigenvalue weighted by molar-refractivity contribution is 7.15. The van der Waals surface area contributed by atoms with E-state index >= 15 is 0 Å². The summed E-state index contributed by atoms with van der Waals surface area (Å²) in [4.78, 5) is 38.2. The second kappa shape index (κ2) is 9.62. The third kappa shape index (κ3) is 4.75. The van der Waals surface area contributed by atoms with E-state index in [1.807, 2.05) is 61.5 Å². The minimum absolute atomic E-state index is 0.192. The lowest BCUT2D eigenvalue weighted by Crippen LogP contribution is -2.25. The van der Waals surface area contributed by atoms with Crippen LogP contribution in [0.15, 0.2) is 77.0 Å². The molecule has 2 aromatic carbocycles. The Morgan fingerprint density at radius 2 is 1.88 bits per heavy atom. The molecular formula is C25H21N3O4S. The number of esters is 1. The number of aromatic nitrogens is 2. The van der Waals surface area contributed by atoms with Gasteiger partial charge in [-0.05, 0) is 37.1 Å². The maximum absolute atomic E-state index is 13.0. The topological polar surface area (TPSA) is 90.3 Å². The van der Waals surface area contributed by atoms with Crippen molar-refractivity contribution < 1.29 is 14.3 Å². The summed E-state index contributed by atoms with van der Waals surface area (Å²) >= 11 is 1.19. The maximum Gasteiger partial charge on any atom is 0.341 e. The monoisotopic (exact) mass is 459 g/mol. The van der Waals surface area contributed by atoms with Gasteiger partial charge in [-0.2, -0.15) is 5.10 Å². The van der Waals surface area contributed by atoms with Gasteiger partial charge < -0.3 is 10.1 Å². The Labute approximate surface area is 194 Å². The third-order valence-corrected chi connectivity index (χ3v) is 5.77. The molecule has 0 radical (unpaired) electrons. The number of carbonyl (C=O) groups excluding carboxylic acids is 2. The number of hydrogen-bond acceptors (Lipinski definition) is 6. The summed E-state index contributed by atoms with van der Waals surface area (Å²) in [6.07, 6.45) is 1.51. The van der Waals surface area contributed by atoms with Crippen LogP contribution in [-0.4, -0.2) is 28.3 Å². The molecule has 166 valence electrons. The van der Waals surface area contributed by atoms with Gasteiger partial charge in [-0.1, -0.05) is 42.5 Å². The van der Waals surface area contributed by atoms with Crippen molar-refractivity contribution in [1.82, 2.24) is 9.78 Å². The molecular weight excluding hydrogens is 438 g/mol. The van der Waals surface area contributed by atoms with Crippen molar-refractivity contribution in [3.05, 3.63) is 99.3 Å². The van der Waals surface area contributed by atoms with Gasteiger partial charge in [0.15, 0.2) is 5.69 Å².